The summed E-state index contributed by atoms with van der Waals surface area (Å²) in [5, 5.41) is 13.2. The van der Waals surface area contributed by atoms with Crippen molar-refractivity contribution in [2.24, 2.45) is 0 Å². The number of rotatable bonds is 5. The van der Waals surface area contributed by atoms with Gasteiger partial charge >= 0.3 is 0 Å². The fourth-order valence-electron chi connectivity index (χ4n) is 3.69. The van der Waals surface area contributed by atoms with E-state index in [2.05, 4.69) is 9.71 Å². The molecule has 0 aliphatic carbocycles. The van der Waals surface area contributed by atoms with Gasteiger partial charge in [0.05, 0.1) is 21.0 Å². The lowest BCUT2D eigenvalue weighted by Gasteiger charge is -2.15. The molecule has 0 unspecified atom stereocenters. The van der Waals surface area contributed by atoms with Gasteiger partial charge in [0.25, 0.3) is 10.0 Å². The number of benzene rings is 4. The Morgan fingerprint density at radius 1 is 0.848 bits per heavy atom. The fraction of sp³-hybridized carbons (Fsp3) is 0.0385. The second-order valence-corrected chi connectivity index (χ2v) is 10.4. The highest BCUT2D eigenvalue weighted by molar-refractivity contribution is 7.99. The third-order valence-electron chi connectivity index (χ3n) is 5.37. The van der Waals surface area contributed by atoms with Crippen LogP contribution >= 0.6 is 11.8 Å². The normalized spacial score (nSPS) is 11.7. The summed E-state index contributed by atoms with van der Waals surface area (Å²) in [7, 11) is -3.81. The van der Waals surface area contributed by atoms with Crippen molar-refractivity contribution in [2.75, 3.05) is 4.72 Å². The lowest BCUT2D eigenvalue weighted by Crippen LogP contribution is -2.13. The number of aromatic hydroxyl groups is 1. The van der Waals surface area contributed by atoms with Crippen LogP contribution in [-0.2, 0) is 10.0 Å². The van der Waals surface area contributed by atoms with Gasteiger partial charge in [-0.05, 0) is 37.3 Å². The fourth-order valence-corrected chi connectivity index (χ4v) is 5.80. The zero-order valence-corrected chi connectivity index (χ0v) is 19.3. The van der Waals surface area contributed by atoms with Crippen LogP contribution in [0.3, 0.4) is 0 Å². The zero-order valence-electron chi connectivity index (χ0n) is 17.7. The van der Waals surface area contributed by atoms with Gasteiger partial charge in [0.15, 0.2) is 0 Å². The largest absolute Gasteiger partial charge is 0.506 e. The number of hydrogen-bond acceptors (Lipinski definition) is 5. The number of fused-ring (bicyclic) bond motifs is 2. The third kappa shape index (κ3) is 4.13. The molecular weight excluding hydrogens is 452 g/mol. The van der Waals surface area contributed by atoms with E-state index in [0.29, 0.717) is 21.4 Å². The van der Waals surface area contributed by atoms with Crippen LogP contribution in [0.2, 0.25) is 0 Å². The molecule has 1 heterocycles. The maximum Gasteiger partial charge on any atom is 0.261 e. The number of nitrogens with zero attached hydrogens (tertiary/aromatic N) is 1. The van der Waals surface area contributed by atoms with E-state index in [9.17, 15) is 13.5 Å². The number of phenols is 1. The van der Waals surface area contributed by atoms with Gasteiger partial charge in [-0.3, -0.25) is 9.71 Å². The van der Waals surface area contributed by atoms with E-state index in [0.717, 1.165) is 21.4 Å². The smallest absolute Gasteiger partial charge is 0.261 e. The van der Waals surface area contributed by atoms with E-state index in [1.807, 2.05) is 49.4 Å². The Bertz CT molecular complexity index is 1590. The molecule has 0 radical (unpaired) electrons. The first kappa shape index (κ1) is 21.3. The van der Waals surface area contributed by atoms with Crippen molar-refractivity contribution < 1.29 is 13.5 Å². The molecule has 5 rings (SSSR count). The van der Waals surface area contributed by atoms with Crippen LogP contribution in [0.15, 0.2) is 106 Å². The maximum atomic E-state index is 13.1. The molecule has 1 aromatic heterocycles. The molecule has 164 valence electrons. The summed E-state index contributed by atoms with van der Waals surface area (Å²) in [6.07, 6.45) is 1.73. The second kappa shape index (κ2) is 8.42. The van der Waals surface area contributed by atoms with E-state index in [1.54, 1.807) is 48.7 Å². The van der Waals surface area contributed by atoms with Crippen LogP contribution in [0.4, 0.5) is 5.69 Å². The highest BCUT2D eigenvalue weighted by Gasteiger charge is 2.19. The second-order valence-electron chi connectivity index (χ2n) is 7.67. The van der Waals surface area contributed by atoms with Gasteiger partial charge < -0.3 is 5.11 Å². The van der Waals surface area contributed by atoms with Crippen molar-refractivity contribution in [3.8, 4) is 5.75 Å². The number of aromatic nitrogens is 1. The molecule has 2 N–H and O–H groups in total. The lowest BCUT2D eigenvalue weighted by molar-refractivity contribution is 0.469. The highest BCUT2D eigenvalue weighted by atomic mass is 32.2. The molecule has 0 saturated heterocycles. The molecule has 5 nitrogen and oxygen atoms in total. The van der Waals surface area contributed by atoms with Crippen molar-refractivity contribution in [1.29, 1.82) is 0 Å². The predicted octanol–water partition coefficient (Wildman–Crippen LogP) is 6.35. The summed E-state index contributed by atoms with van der Waals surface area (Å²) in [5.41, 5.74) is 2.20. The Hall–Kier alpha value is -3.55. The Morgan fingerprint density at radius 2 is 1.58 bits per heavy atom. The zero-order chi connectivity index (χ0) is 23.0. The Labute approximate surface area is 196 Å². The Balaban J connectivity index is 1.62. The number of pyridine rings is 1. The van der Waals surface area contributed by atoms with Gasteiger partial charge in [-0.2, -0.15) is 0 Å². The van der Waals surface area contributed by atoms with Gasteiger partial charge in [-0.15, -0.1) is 0 Å². The molecule has 5 aromatic rings. The highest BCUT2D eigenvalue weighted by Crippen LogP contribution is 2.44. The van der Waals surface area contributed by atoms with Crippen molar-refractivity contribution >= 4 is 49.1 Å². The van der Waals surface area contributed by atoms with Gasteiger partial charge in [0.2, 0.25) is 0 Å². The van der Waals surface area contributed by atoms with Crippen molar-refractivity contribution in [3.63, 3.8) is 0 Å². The van der Waals surface area contributed by atoms with Crippen LogP contribution in [0.5, 0.6) is 5.75 Å². The minimum atomic E-state index is -3.81. The molecule has 0 saturated carbocycles. The summed E-state index contributed by atoms with van der Waals surface area (Å²) in [6, 6.07) is 25.3. The number of aryl methyl sites for hydroxylation is 1. The number of anilines is 1. The van der Waals surface area contributed by atoms with E-state index in [4.69, 9.17) is 0 Å². The van der Waals surface area contributed by atoms with Crippen molar-refractivity contribution in [2.45, 2.75) is 21.6 Å². The molecular formula is C26H20N2O3S2. The third-order valence-corrected chi connectivity index (χ3v) is 7.83. The number of para-hydroxylation sites is 1. The van der Waals surface area contributed by atoms with Crippen LogP contribution in [0, 0.1) is 6.92 Å². The van der Waals surface area contributed by atoms with E-state index in [-0.39, 0.29) is 10.6 Å². The molecule has 0 fully saturated rings. The SMILES string of the molecule is Cc1ccc(S(=O)(=O)Nc2cc(Sc3cccc4cccnc34)c(O)c3ccccc23)cc1. The molecule has 33 heavy (non-hydrogen) atoms. The maximum absolute atomic E-state index is 13.1. The van der Waals surface area contributed by atoms with Crippen LogP contribution in [0.1, 0.15) is 5.56 Å². The molecule has 0 bridgehead atoms. The minimum Gasteiger partial charge on any atom is -0.506 e. The molecule has 0 amide bonds. The Morgan fingerprint density at radius 3 is 2.36 bits per heavy atom. The van der Waals surface area contributed by atoms with Crippen LogP contribution < -0.4 is 4.72 Å². The van der Waals surface area contributed by atoms with Gasteiger partial charge in [0, 0.05) is 27.3 Å². The number of hydrogen-bond donors (Lipinski definition) is 2. The van der Waals surface area contributed by atoms with E-state index < -0.39 is 10.0 Å². The first-order valence-electron chi connectivity index (χ1n) is 10.3. The Kier molecular flexibility index (Phi) is 5.44. The molecule has 7 heteroatoms. The average Bonchev–Trinajstić information content (AvgIpc) is 2.82. The number of phenolic OH excluding ortho intramolecular Hbond substituents is 1. The monoisotopic (exact) mass is 472 g/mol. The van der Waals surface area contributed by atoms with Crippen molar-refractivity contribution in [3.05, 3.63) is 96.7 Å². The molecule has 0 atom stereocenters. The molecule has 0 spiro atoms. The van der Waals surface area contributed by atoms with E-state index >= 15 is 0 Å². The number of nitrogens with one attached hydrogen (secondary N) is 1. The first-order chi connectivity index (χ1) is 15.9. The van der Waals surface area contributed by atoms with Crippen molar-refractivity contribution in [1.82, 2.24) is 4.98 Å². The van der Waals surface area contributed by atoms with Gasteiger partial charge in [-0.1, -0.05) is 71.9 Å². The molecule has 0 aliphatic rings. The average molecular weight is 473 g/mol. The minimum absolute atomic E-state index is 0.0989. The topological polar surface area (TPSA) is 79.3 Å². The van der Waals surface area contributed by atoms with Crippen LogP contribution in [-0.4, -0.2) is 18.5 Å². The van der Waals surface area contributed by atoms with Crippen LogP contribution in [0.25, 0.3) is 21.7 Å². The quantitative estimate of drug-likeness (QED) is 0.291. The van der Waals surface area contributed by atoms with Gasteiger partial charge in [-0.25, -0.2) is 8.42 Å². The molecule has 4 aromatic carbocycles. The number of sulfonamides is 1. The predicted molar refractivity (Wildman–Crippen MR) is 133 cm³/mol. The first-order valence-corrected chi connectivity index (χ1v) is 12.6. The van der Waals surface area contributed by atoms with E-state index in [1.165, 1.54) is 11.8 Å². The molecule has 0 aliphatic heterocycles. The summed E-state index contributed by atoms with van der Waals surface area (Å²) in [4.78, 5) is 6.06. The summed E-state index contributed by atoms with van der Waals surface area (Å²) in [6.45, 7) is 1.91. The summed E-state index contributed by atoms with van der Waals surface area (Å²) >= 11 is 1.35. The van der Waals surface area contributed by atoms with Gasteiger partial charge in [0.1, 0.15) is 5.75 Å². The summed E-state index contributed by atoms with van der Waals surface area (Å²) in [5.74, 6) is 0.0989. The summed E-state index contributed by atoms with van der Waals surface area (Å²) < 4.78 is 28.9. The lowest BCUT2D eigenvalue weighted by atomic mass is 10.1. The standard InChI is InChI=1S/C26H20N2O3S2/c1-17-11-13-19(14-12-17)33(30,31)28-22-16-24(26(29)21-9-3-2-8-20(21)22)32-23-10-4-6-18-7-5-15-27-25(18)23/h2-16,28-29H,1H3.